The Balaban J connectivity index is 1.64. The van der Waals surface area contributed by atoms with Crippen LogP contribution >= 0.6 is 0 Å². The Morgan fingerprint density at radius 3 is 2.56 bits per heavy atom. The largest absolute Gasteiger partial charge is 0.416 e. The van der Waals surface area contributed by atoms with Crippen LogP contribution in [0.3, 0.4) is 0 Å². The van der Waals surface area contributed by atoms with E-state index in [-0.39, 0.29) is 5.92 Å². The van der Waals surface area contributed by atoms with Crippen LogP contribution in [0.5, 0.6) is 0 Å². The van der Waals surface area contributed by atoms with Gasteiger partial charge in [-0.25, -0.2) is 15.0 Å². The maximum Gasteiger partial charge on any atom is 0.416 e. The molecule has 168 valence electrons. The van der Waals surface area contributed by atoms with Crippen molar-refractivity contribution in [1.82, 2.24) is 24.8 Å². The topological polar surface area (TPSA) is 67.7 Å². The quantitative estimate of drug-likeness (QED) is 0.604. The van der Waals surface area contributed by atoms with Crippen LogP contribution in [0.25, 0.3) is 22.6 Å². The van der Waals surface area contributed by atoms with E-state index in [1.54, 1.807) is 18.3 Å². The summed E-state index contributed by atoms with van der Waals surface area (Å²) in [5.74, 6) is 1.65. The van der Waals surface area contributed by atoms with Gasteiger partial charge in [-0.05, 0) is 57.0 Å². The Morgan fingerprint density at radius 2 is 1.84 bits per heavy atom. The molecular weight excluding hydrogens is 417 g/mol. The molecule has 2 aliphatic rings. The van der Waals surface area contributed by atoms with E-state index in [0.29, 0.717) is 34.6 Å². The minimum atomic E-state index is -4.42. The Morgan fingerprint density at radius 1 is 1.06 bits per heavy atom. The zero-order valence-corrected chi connectivity index (χ0v) is 17.8. The molecule has 1 saturated heterocycles. The number of piperidine rings is 1. The highest BCUT2D eigenvalue weighted by molar-refractivity contribution is 5.78. The molecule has 6 nitrogen and oxygen atoms in total. The molecule has 0 amide bonds. The van der Waals surface area contributed by atoms with Gasteiger partial charge < -0.3 is 15.2 Å². The molecule has 2 aromatic heterocycles. The SMILES string of the molecule is Cn1c(C2CCNCC2)nc(-c2cccc(C(F)(F)F)c2)c1-c1ccnc(NC2CC2)n1. The van der Waals surface area contributed by atoms with Crippen molar-refractivity contribution in [3.05, 3.63) is 47.9 Å². The van der Waals surface area contributed by atoms with Gasteiger partial charge in [0.15, 0.2) is 0 Å². The molecule has 0 atom stereocenters. The summed E-state index contributed by atoms with van der Waals surface area (Å²) in [7, 11) is 1.92. The third-order valence-electron chi connectivity index (χ3n) is 6.11. The number of hydrogen-bond acceptors (Lipinski definition) is 5. The number of alkyl halides is 3. The van der Waals surface area contributed by atoms with E-state index >= 15 is 0 Å². The molecule has 2 fully saturated rings. The molecule has 0 radical (unpaired) electrons. The number of rotatable bonds is 5. The van der Waals surface area contributed by atoms with Crippen LogP contribution in [-0.2, 0) is 13.2 Å². The van der Waals surface area contributed by atoms with E-state index < -0.39 is 11.7 Å². The van der Waals surface area contributed by atoms with Gasteiger partial charge in [-0.3, -0.25) is 0 Å². The first-order valence-corrected chi connectivity index (χ1v) is 10.9. The predicted octanol–water partition coefficient (Wildman–Crippen LogP) is 4.60. The van der Waals surface area contributed by atoms with Crippen molar-refractivity contribution in [2.75, 3.05) is 18.4 Å². The van der Waals surface area contributed by atoms with Gasteiger partial charge >= 0.3 is 6.18 Å². The smallest absolute Gasteiger partial charge is 0.351 e. The van der Waals surface area contributed by atoms with Crippen LogP contribution in [0.15, 0.2) is 36.5 Å². The molecule has 0 bridgehead atoms. The number of hydrogen-bond donors (Lipinski definition) is 2. The number of nitrogens with zero attached hydrogens (tertiary/aromatic N) is 4. The van der Waals surface area contributed by atoms with Crippen LogP contribution in [0, 0.1) is 0 Å². The van der Waals surface area contributed by atoms with Crippen LogP contribution in [0.1, 0.15) is 43.0 Å². The zero-order valence-electron chi connectivity index (χ0n) is 17.8. The Bertz CT molecular complexity index is 1110. The molecule has 1 aromatic carbocycles. The fourth-order valence-corrected chi connectivity index (χ4v) is 4.27. The average Bonchev–Trinajstić information content (AvgIpc) is 3.53. The van der Waals surface area contributed by atoms with Gasteiger partial charge in [0.25, 0.3) is 0 Å². The van der Waals surface area contributed by atoms with Gasteiger partial charge in [0.2, 0.25) is 5.95 Å². The van der Waals surface area contributed by atoms with Gasteiger partial charge in [-0.1, -0.05) is 12.1 Å². The highest BCUT2D eigenvalue weighted by Crippen LogP contribution is 2.38. The van der Waals surface area contributed by atoms with Crippen molar-refractivity contribution < 1.29 is 13.2 Å². The highest BCUT2D eigenvalue weighted by atomic mass is 19.4. The Kier molecular flexibility index (Phi) is 5.36. The Hall–Kier alpha value is -2.94. The molecular formula is C23H25F3N6. The first-order valence-electron chi connectivity index (χ1n) is 10.9. The maximum absolute atomic E-state index is 13.4. The van der Waals surface area contributed by atoms with E-state index in [0.717, 1.165) is 50.7 Å². The molecule has 32 heavy (non-hydrogen) atoms. The molecule has 9 heteroatoms. The van der Waals surface area contributed by atoms with Crippen LogP contribution in [0.2, 0.25) is 0 Å². The van der Waals surface area contributed by atoms with Gasteiger partial charge in [0, 0.05) is 30.8 Å². The number of nitrogens with one attached hydrogen (secondary N) is 2. The summed E-state index contributed by atoms with van der Waals surface area (Å²) >= 11 is 0. The molecule has 1 saturated carbocycles. The predicted molar refractivity (Wildman–Crippen MR) is 116 cm³/mol. The van der Waals surface area contributed by atoms with E-state index in [4.69, 9.17) is 4.98 Å². The highest BCUT2D eigenvalue weighted by Gasteiger charge is 2.32. The number of benzene rings is 1. The van der Waals surface area contributed by atoms with Gasteiger partial charge in [-0.2, -0.15) is 13.2 Å². The number of imidazole rings is 1. The third kappa shape index (κ3) is 4.21. The molecule has 0 spiro atoms. The maximum atomic E-state index is 13.4. The fraction of sp³-hybridized carbons (Fsp3) is 0.435. The lowest BCUT2D eigenvalue weighted by Gasteiger charge is -2.22. The van der Waals surface area contributed by atoms with Gasteiger partial charge in [0.1, 0.15) is 5.82 Å². The minimum absolute atomic E-state index is 0.241. The minimum Gasteiger partial charge on any atom is -0.351 e. The summed E-state index contributed by atoms with van der Waals surface area (Å²) in [4.78, 5) is 13.9. The normalized spacial score (nSPS) is 17.5. The summed E-state index contributed by atoms with van der Waals surface area (Å²) < 4.78 is 42.2. The molecule has 1 aliphatic carbocycles. The first kappa shape index (κ1) is 20.9. The lowest BCUT2D eigenvalue weighted by Crippen LogP contribution is -2.27. The van der Waals surface area contributed by atoms with E-state index in [1.165, 1.54) is 12.1 Å². The van der Waals surface area contributed by atoms with E-state index in [1.807, 2.05) is 11.6 Å². The lowest BCUT2D eigenvalue weighted by atomic mass is 9.97. The van der Waals surface area contributed by atoms with Crippen LogP contribution in [-0.4, -0.2) is 38.7 Å². The number of aromatic nitrogens is 4. The van der Waals surface area contributed by atoms with Gasteiger partial charge in [0.05, 0.1) is 22.6 Å². The van der Waals surface area contributed by atoms with Crippen molar-refractivity contribution in [2.45, 2.75) is 43.8 Å². The lowest BCUT2D eigenvalue weighted by molar-refractivity contribution is -0.137. The summed E-state index contributed by atoms with van der Waals surface area (Å²) in [5, 5.41) is 6.65. The van der Waals surface area contributed by atoms with Crippen molar-refractivity contribution >= 4 is 5.95 Å². The second kappa shape index (κ2) is 8.20. The summed E-state index contributed by atoms with van der Waals surface area (Å²) in [6, 6.07) is 7.55. The second-order valence-corrected chi connectivity index (χ2v) is 8.51. The van der Waals surface area contributed by atoms with Crippen molar-refractivity contribution in [3.63, 3.8) is 0 Å². The molecule has 2 N–H and O–H groups in total. The van der Waals surface area contributed by atoms with Crippen molar-refractivity contribution in [2.24, 2.45) is 7.05 Å². The number of halogens is 3. The van der Waals surface area contributed by atoms with Crippen LogP contribution < -0.4 is 10.6 Å². The summed E-state index contributed by atoms with van der Waals surface area (Å²) in [6.45, 7) is 1.80. The van der Waals surface area contributed by atoms with Crippen LogP contribution in [0.4, 0.5) is 19.1 Å². The summed E-state index contributed by atoms with van der Waals surface area (Å²) in [5.41, 5.74) is 1.61. The molecule has 5 rings (SSSR count). The average molecular weight is 442 g/mol. The molecule has 1 aliphatic heterocycles. The molecule has 3 heterocycles. The van der Waals surface area contributed by atoms with Crippen molar-refractivity contribution in [1.29, 1.82) is 0 Å². The second-order valence-electron chi connectivity index (χ2n) is 8.51. The standard InChI is InChI=1S/C23H25F3N6/c1-32-20(18-9-12-28-22(30-18)29-17-5-6-17)19(31-21(32)14-7-10-27-11-8-14)15-3-2-4-16(13-15)23(24,25)26/h2-4,9,12-14,17,27H,5-8,10-11H2,1H3,(H,28,29,30). The monoisotopic (exact) mass is 442 g/mol. The molecule has 3 aromatic rings. The van der Waals surface area contributed by atoms with Gasteiger partial charge in [-0.15, -0.1) is 0 Å². The first-order chi connectivity index (χ1) is 15.4. The third-order valence-corrected chi connectivity index (χ3v) is 6.11. The zero-order chi connectivity index (χ0) is 22.3. The Labute approximate surface area is 184 Å². The van der Waals surface area contributed by atoms with E-state index in [9.17, 15) is 13.2 Å². The molecule has 0 unspecified atom stereocenters. The summed E-state index contributed by atoms with van der Waals surface area (Å²) in [6.07, 6.45) is 1.32. The number of anilines is 1. The fourth-order valence-electron chi connectivity index (χ4n) is 4.27. The van der Waals surface area contributed by atoms with Crippen molar-refractivity contribution in [3.8, 4) is 22.6 Å². The van der Waals surface area contributed by atoms with E-state index in [2.05, 4.69) is 20.6 Å².